The Kier molecular flexibility index (Phi) is 2.48. The lowest BCUT2D eigenvalue weighted by Crippen LogP contribution is -2.07. The predicted molar refractivity (Wildman–Crippen MR) is 60.6 cm³/mol. The molecule has 1 heterocycles. The van der Waals surface area contributed by atoms with E-state index in [0.29, 0.717) is 16.7 Å². The minimum absolute atomic E-state index is 0.0831. The number of carbonyl (C=O) groups excluding carboxylic acids is 1. The largest absolute Gasteiger partial charge is 0.426 e. The number of rotatable bonds is 1. The molecular weight excluding hydrogens is 206 g/mol. The maximum Gasteiger partial charge on any atom is 0.308 e. The van der Waals surface area contributed by atoms with Gasteiger partial charge in [-0.25, -0.2) is 0 Å². The first-order chi connectivity index (χ1) is 7.59. The van der Waals surface area contributed by atoms with Gasteiger partial charge in [-0.15, -0.1) is 0 Å². The van der Waals surface area contributed by atoms with E-state index < -0.39 is 5.97 Å². The first-order valence-corrected chi connectivity index (χ1v) is 4.89. The monoisotopic (exact) mass is 217 g/mol. The van der Waals surface area contributed by atoms with Crippen LogP contribution in [0.1, 0.15) is 12.5 Å². The van der Waals surface area contributed by atoms with Gasteiger partial charge >= 0.3 is 5.97 Å². The molecule has 0 bridgehead atoms. The quantitative estimate of drug-likeness (QED) is 0.585. The van der Waals surface area contributed by atoms with Crippen LogP contribution < -0.4 is 10.2 Å². The van der Waals surface area contributed by atoms with Gasteiger partial charge in [0.15, 0.2) is 5.43 Å². The van der Waals surface area contributed by atoms with Crippen molar-refractivity contribution in [3.63, 3.8) is 0 Å². The van der Waals surface area contributed by atoms with E-state index in [9.17, 15) is 9.59 Å². The summed E-state index contributed by atoms with van der Waals surface area (Å²) in [4.78, 5) is 25.5. The molecule has 0 radical (unpaired) electrons. The van der Waals surface area contributed by atoms with E-state index in [1.807, 2.05) is 0 Å². The number of pyridine rings is 1. The number of aryl methyl sites for hydroxylation is 1. The zero-order valence-electron chi connectivity index (χ0n) is 9.03. The van der Waals surface area contributed by atoms with Gasteiger partial charge < -0.3 is 9.72 Å². The minimum Gasteiger partial charge on any atom is -0.426 e. The molecule has 1 aromatic heterocycles. The van der Waals surface area contributed by atoms with Crippen LogP contribution in [0.15, 0.2) is 29.2 Å². The standard InChI is InChI=1S/C12H11NO3/c1-7-11(16-8(2)14)4-3-9-12(7)10(15)5-6-13-9/h3-6H,1-2H3,(H,13,15). The van der Waals surface area contributed by atoms with Gasteiger partial charge in [-0.3, -0.25) is 9.59 Å². The fourth-order valence-electron chi connectivity index (χ4n) is 1.69. The molecule has 0 aliphatic heterocycles. The molecule has 0 saturated heterocycles. The second-order valence-corrected chi connectivity index (χ2v) is 3.55. The molecule has 0 aliphatic carbocycles. The lowest BCUT2D eigenvalue weighted by molar-refractivity contribution is -0.131. The SMILES string of the molecule is CC(=O)Oc1ccc2[nH]ccc(=O)c2c1C. The molecule has 2 rings (SSSR count). The first kappa shape index (κ1) is 10.4. The lowest BCUT2D eigenvalue weighted by atomic mass is 10.1. The van der Waals surface area contributed by atoms with E-state index in [1.165, 1.54) is 13.0 Å². The number of carbonyl (C=O) groups is 1. The van der Waals surface area contributed by atoms with Crippen molar-refractivity contribution in [1.82, 2.24) is 4.98 Å². The molecular formula is C12H11NO3. The summed E-state index contributed by atoms with van der Waals surface area (Å²) < 4.78 is 5.02. The molecule has 0 atom stereocenters. The number of nitrogens with one attached hydrogen (secondary N) is 1. The number of aromatic amines is 1. The molecule has 0 fully saturated rings. The van der Waals surface area contributed by atoms with Crippen LogP contribution in [-0.4, -0.2) is 11.0 Å². The van der Waals surface area contributed by atoms with Crippen LogP contribution in [0, 0.1) is 6.92 Å². The van der Waals surface area contributed by atoms with Crippen LogP contribution >= 0.6 is 0 Å². The molecule has 0 unspecified atom stereocenters. The third-order valence-electron chi connectivity index (χ3n) is 2.39. The number of aromatic nitrogens is 1. The molecule has 0 saturated carbocycles. The maximum absolute atomic E-state index is 11.7. The molecule has 0 amide bonds. The second-order valence-electron chi connectivity index (χ2n) is 3.55. The normalized spacial score (nSPS) is 10.4. The highest BCUT2D eigenvalue weighted by Crippen LogP contribution is 2.23. The van der Waals surface area contributed by atoms with Crippen LogP contribution in [0.2, 0.25) is 0 Å². The Hall–Kier alpha value is -2.10. The zero-order valence-corrected chi connectivity index (χ0v) is 9.03. The second kappa shape index (κ2) is 3.81. The van der Waals surface area contributed by atoms with Gasteiger partial charge in [0.2, 0.25) is 0 Å². The van der Waals surface area contributed by atoms with Crippen LogP contribution in [0.25, 0.3) is 10.9 Å². The lowest BCUT2D eigenvalue weighted by Gasteiger charge is -2.07. The average molecular weight is 217 g/mol. The Balaban J connectivity index is 2.73. The number of hydrogen-bond acceptors (Lipinski definition) is 3. The summed E-state index contributed by atoms with van der Waals surface area (Å²) >= 11 is 0. The molecule has 1 N–H and O–H groups in total. The third kappa shape index (κ3) is 1.69. The van der Waals surface area contributed by atoms with Gasteiger partial charge in [-0.1, -0.05) is 0 Å². The third-order valence-corrected chi connectivity index (χ3v) is 2.39. The minimum atomic E-state index is -0.394. The van der Waals surface area contributed by atoms with Gasteiger partial charge in [0.1, 0.15) is 5.75 Å². The highest BCUT2D eigenvalue weighted by molar-refractivity contribution is 5.85. The first-order valence-electron chi connectivity index (χ1n) is 4.89. The van der Waals surface area contributed by atoms with Crippen molar-refractivity contribution in [1.29, 1.82) is 0 Å². The predicted octanol–water partition coefficient (Wildman–Crippen LogP) is 1.76. The van der Waals surface area contributed by atoms with Crippen molar-refractivity contribution < 1.29 is 9.53 Å². The van der Waals surface area contributed by atoms with Gasteiger partial charge in [0.05, 0.1) is 5.39 Å². The molecule has 2 aromatic rings. The van der Waals surface area contributed by atoms with Gasteiger partial charge in [-0.2, -0.15) is 0 Å². The molecule has 0 aliphatic rings. The van der Waals surface area contributed by atoms with E-state index in [0.717, 1.165) is 5.52 Å². The van der Waals surface area contributed by atoms with Crippen molar-refractivity contribution in [3.8, 4) is 5.75 Å². The summed E-state index contributed by atoms with van der Waals surface area (Å²) in [5, 5.41) is 0.557. The van der Waals surface area contributed by atoms with Crippen molar-refractivity contribution in [2.45, 2.75) is 13.8 Å². The van der Waals surface area contributed by atoms with E-state index in [-0.39, 0.29) is 5.43 Å². The maximum atomic E-state index is 11.7. The fourth-order valence-corrected chi connectivity index (χ4v) is 1.69. The Bertz CT molecular complexity index is 613. The van der Waals surface area contributed by atoms with Crippen molar-refractivity contribution in [2.75, 3.05) is 0 Å². The number of esters is 1. The van der Waals surface area contributed by atoms with Crippen molar-refractivity contribution in [3.05, 3.63) is 40.2 Å². The topological polar surface area (TPSA) is 59.2 Å². The van der Waals surface area contributed by atoms with Crippen LogP contribution in [-0.2, 0) is 4.79 Å². The van der Waals surface area contributed by atoms with Crippen molar-refractivity contribution >= 4 is 16.9 Å². The van der Waals surface area contributed by atoms with E-state index in [1.54, 1.807) is 25.3 Å². The van der Waals surface area contributed by atoms with Crippen LogP contribution in [0.3, 0.4) is 0 Å². The highest BCUT2D eigenvalue weighted by Gasteiger charge is 2.08. The summed E-state index contributed by atoms with van der Waals surface area (Å²) in [6.07, 6.45) is 1.59. The van der Waals surface area contributed by atoms with Crippen LogP contribution in [0.5, 0.6) is 5.75 Å². The Morgan fingerprint density at radius 2 is 2.06 bits per heavy atom. The molecule has 16 heavy (non-hydrogen) atoms. The summed E-state index contributed by atoms with van der Waals surface area (Å²) in [5.41, 5.74) is 1.33. The summed E-state index contributed by atoms with van der Waals surface area (Å²) in [6.45, 7) is 3.09. The van der Waals surface area contributed by atoms with Gasteiger partial charge in [-0.05, 0) is 19.1 Å². The summed E-state index contributed by atoms with van der Waals surface area (Å²) in [5.74, 6) is 0.0338. The summed E-state index contributed by atoms with van der Waals surface area (Å²) in [7, 11) is 0. The number of ether oxygens (including phenoxy) is 1. The smallest absolute Gasteiger partial charge is 0.308 e. The Labute approximate surface area is 91.9 Å². The number of fused-ring (bicyclic) bond motifs is 1. The zero-order chi connectivity index (χ0) is 11.7. The van der Waals surface area contributed by atoms with Gasteiger partial charge in [0, 0.05) is 30.3 Å². The Morgan fingerprint density at radius 3 is 2.75 bits per heavy atom. The molecule has 1 aromatic carbocycles. The molecule has 0 spiro atoms. The molecule has 82 valence electrons. The Morgan fingerprint density at radius 1 is 1.31 bits per heavy atom. The number of benzene rings is 1. The van der Waals surface area contributed by atoms with Gasteiger partial charge in [0.25, 0.3) is 0 Å². The van der Waals surface area contributed by atoms with Crippen LogP contribution in [0.4, 0.5) is 0 Å². The number of hydrogen-bond donors (Lipinski definition) is 1. The fraction of sp³-hybridized carbons (Fsp3) is 0.167. The average Bonchev–Trinajstić information content (AvgIpc) is 2.22. The van der Waals surface area contributed by atoms with E-state index in [2.05, 4.69) is 4.98 Å². The van der Waals surface area contributed by atoms with Crippen molar-refractivity contribution in [2.24, 2.45) is 0 Å². The highest BCUT2D eigenvalue weighted by atomic mass is 16.5. The number of H-pyrrole nitrogens is 1. The van der Waals surface area contributed by atoms with E-state index >= 15 is 0 Å². The molecule has 4 heteroatoms. The van der Waals surface area contributed by atoms with E-state index in [4.69, 9.17) is 4.74 Å². The molecule has 4 nitrogen and oxygen atoms in total. The summed E-state index contributed by atoms with van der Waals surface area (Å²) in [6, 6.07) is 4.85.